The quantitative estimate of drug-likeness (QED) is 0.0261. The first-order valence-corrected chi connectivity index (χ1v) is 35.3. The molecule has 0 bridgehead atoms. The van der Waals surface area contributed by atoms with Crippen LogP contribution in [0.1, 0.15) is 322 Å². The predicted molar refractivity (Wildman–Crippen MR) is 355 cm³/mol. The van der Waals surface area contributed by atoms with Crippen LogP contribution in [0, 0.1) is 0 Å². The molecule has 83 heavy (non-hydrogen) atoms. The SMILES string of the molecule is CC/C=C\C/C=C\C/C=C\C/C=C\CCCCCCCCCCCCCCCCCCCCCCC(=O)NC(COC1OC(CO)C(O)C(O)C1O)C(O)/C=C/CC/C=C/CC/C=C/CCCCCCCCCCCCCCCCCCC. The number of ether oxygens (including phenoxy) is 2. The van der Waals surface area contributed by atoms with E-state index in [1.165, 1.54) is 231 Å². The molecule has 6 N–H and O–H groups in total. The van der Waals surface area contributed by atoms with Crippen LogP contribution in [0.15, 0.2) is 85.1 Å². The summed E-state index contributed by atoms with van der Waals surface area (Å²) in [5.41, 5.74) is 0. The van der Waals surface area contributed by atoms with Crippen LogP contribution >= 0.6 is 0 Å². The van der Waals surface area contributed by atoms with Crippen molar-refractivity contribution in [2.75, 3.05) is 13.2 Å². The molecule has 7 unspecified atom stereocenters. The molecule has 0 saturated carbocycles. The highest BCUT2D eigenvalue weighted by molar-refractivity contribution is 5.76. The average molecular weight is 1160 g/mol. The zero-order valence-electron chi connectivity index (χ0n) is 53.9. The number of hydrogen-bond donors (Lipinski definition) is 6. The highest BCUT2D eigenvalue weighted by Crippen LogP contribution is 2.23. The fraction of sp³-hybridized carbons (Fsp3) is 0.797. The zero-order valence-corrected chi connectivity index (χ0v) is 53.9. The van der Waals surface area contributed by atoms with Crippen LogP contribution in [0.5, 0.6) is 0 Å². The van der Waals surface area contributed by atoms with Crippen LogP contribution in [0.3, 0.4) is 0 Å². The number of rotatable bonds is 61. The first-order chi connectivity index (χ1) is 40.8. The third-order valence-corrected chi connectivity index (χ3v) is 16.4. The van der Waals surface area contributed by atoms with Crippen molar-refractivity contribution in [3.05, 3.63) is 85.1 Å². The Bertz CT molecular complexity index is 1590. The van der Waals surface area contributed by atoms with E-state index in [1.807, 2.05) is 6.08 Å². The first kappa shape index (κ1) is 78.4. The number of allylic oxidation sites excluding steroid dienone is 13. The van der Waals surface area contributed by atoms with Gasteiger partial charge < -0.3 is 40.3 Å². The molecule has 9 heteroatoms. The smallest absolute Gasteiger partial charge is 0.220 e. The molecule has 1 saturated heterocycles. The topological polar surface area (TPSA) is 149 Å². The number of aliphatic hydroxyl groups excluding tert-OH is 5. The molecular weight excluding hydrogens is 1030 g/mol. The van der Waals surface area contributed by atoms with E-state index in [2.05, 4.69) is 92.1 Å². The van der Waals surface area contributed by atoms with E-state index in [9.17, 15) is 30.3 Å². The van der Waals surface area contributed by atoms with Crippen LogP contribution in [0.2, 0.25) is 0 Å². The lowest BCUT2D eigenvalue weighted by Crippen LogP contribution is -2.60. The molecule has 9 nitrogen and oxygen atoms in total. The maximum absolute atomic E-state index is 13.1. The number of carbonyl (C=O) groups excluding carboxylic acids is 1. The molecule has 7 atom stereocenters. The molecule has 0 radical (unpaired) electrons. The van der Waals surface area contributed by atoms with Gasteiger partial charge in [-0.3, -0.25) is 4.79 Å². The van der Waals surface area contributed by atoms with E-state index in [-0.39, 0.29) is 12.5 Å². The zero-order chi connectivity index (χ0) is 60.0. The number of carbonyl (C=O) groups is 1. The fourth-order valence-corrected chi connectivity index (χ4v) is 10.9. The summed E-state index contributed by atoms with van der Waals surface area (Å²) in [5.74, 6) is -0.188. The molecule has 1 heterocycles. The van der Waals surface area contributed by atoms with Crippen molar-refractivity contribution in [2.45, 2.75) is 365 Å². The van der Waals surface area contributed by atoms with Gasteiger partial charge in [-0.1, -0.05) is 317 Å². The molecule has 1 rings (SSSR count). The van der Waals surface area contributed by atoms with Gasteiger partial charge in [0.25, 0.3) is 0 Å². The van der Waals surface area contributed by atoms with Crippen LogP contribution in [0.4, 0.5) is 0 Å². The second-order valence-electron chi connectivity index (χ2n) is 24.3. The third-order valence-electron chi connectivity index (χ3n) is 16.4. The first-order valence-electron chi connectivity index (χ1n) is 35.3. The molecule has 482 valence electrons. The lowest BCUT2D eigenvalue weighted by Gasteiger charge is -2.40. The average Bonchev–Trinajstić information content (AvgIpc) is 3.61. The number of aliphatic hydroxyl groups is 5. The maximum Gasteiger partial charge on any atom is 0.220 e. The lowest BCUT2D eigenvalue weighted by molar-refractivity contribution is -0.302. The Labute approximate surface area is 511 Å². The van der Waals surface area contributed by atoms with Gasteiger partial charge in [0.2, 0.25) is 5.91 Å². The van der Waals surface area contributed by atoms with Crippen molar-refractivity contribution in [3.8, 4) is 0 Å². The number of nitrogens with one attached hydrogen (secondary N) is 1. The van der Waals surface area contributed by atoms with Gasteiger partial charge in [0.15, 0.2) is 6.29 Å². The summed E-state index contributed by atoms with van der Waals surface area (Å²) in [6.07, 6.45) is 82.7. The summed E-state index contributed by atoms with van der Waals surface area (Å²) in [5, 5.41) is 54.7. The minimum absolute atomic E-state index is 0.188. The van der Waals surface area contributed by atoms with Crippen molar-refractivity contribution in [1.82, 2.24) is 5.32 Å². The third kappa shape index (κ3) is 51.2. The molecule has 0 spiro atoms. The molecule has 0 aromatic carbocycles. The predicted octanol–water partition coefficient (Wildman–Crippen LogP) is 19.3. The Morgan fingerprint density at radius 1 is 0.422 bits per heavy atom. The minimum atomic E-state index is -1.58. The van der Waals surface area contributed by atoms with Gasteiger partial charge in [-0.25, -0.2) is 0 Å². The molecule has 0 aromatic rings. The molecule has 1 amide bonds. The fourth-order valence-electron chi connectivity index (χ4n) is 10.9. The Hall–Kier alpha value is -2.63. The van der Waals surface area contributed by atoms with Crippen molar-refractivity contribution in [3.63, 3.8) is 0 Å². The van der Waals surface area contributed by atoms with Gasteiger partial charge in [0, 0.05) is 6.42 Å². The van der Waals surface area contributed by atoms with Gasteiger partial charge in [0.1, 0.15) is 24.4 Å². The van der Waals surface area contributed by atoms with Gasteiger partial charge in [0.05, 0.1) is 25.4 Å². The number of hydrogen-bond acceptors (Lipinski definition) is 8. The van der Waals surface area contributed by atoms with E-state index < -0.39 is 49.5 Å². The Balaban J connectivity index is 2.15. The summed E-state index contributed by atoms with van der Waals surface area (Å²) >= 11 is 0. The van der Waals surface area contributed by atoms with Crippen LogP contribution < -0.4 is 5.32 Å². The Morgan fingerprint density at radius 3 is 1.16 bits per heavy atom. The van der Waals surface area contributed by atoms with E-state index >= 15 is 0 Å². The molecule has 1 fully saturated rings. The van der Waals surface area contributed by atoms with Gasteiger partial charge in [-0.05, 0) is 83.5 Å². The van der Waals surface area contributed by atoms with E-state index in [1.54, 1.807) is 6.08 Å². The van der Waals surface area contributed by atoms with Crippen LogP contribution in [-0.4, -0.2) is 87.5 Å². The second-order valence-corrected chi connectivity index (χ2v) is 24.3. The Kier molecular flexibility index (Phi) is 59.0. The van der Waals surface area contributed by atoms with Crippen molar-refractivity contribution in [1.29, 1.82) is 0 Å². The highest BCUT2D eigenvalue weighted by Gasteiger charge is 2.44. The largest absolute Gasteiger partial charge is 0.394 e. The van der Waals surface area contributed by atoms with E-state index in [0.717, 1.165) is 70.6 Å². The van der Waals surface area contributed by atoms with Crippen LogP contribution in [0.25, 0.3) is 0 Å². The summed E-state index contributed by atoms with van der Waals surface area (Å²) in [4.78, 5) is 13.1. The maximum atomic E-state index is 13.1. The molecule has 0 aromatic heterocycles. The second kappa shape index (κ2) is 62.4. The van der Waals surface area contributed by atoms with E-state index in [4.69, 9.17) is 9.47 Å². The Morgan fingerprint density at radius 2 is 0.759 bits per heavy atom. The van der Waals surface area contributed by atoms with Crippen LogP contribution in [-0.2, 0) is 14.3 Å². The van der Waals surface area contributed by atoms with Crippen molar-refractivity contribution in [2.24, 2.45) is 0 Å². The van der Waals surface area contributed by atoms with Crippen molar-refractivity contribution < 1.29 is 39.8 Å². The normalized spacial score (nSPS) is 18.8. The van der Waals surface area contributed by atoms with E-state index in [0.29, 0.717) is 6.42 Å². The summed E-state index contributed by atoms with van der Waals surface area (Å²) in [6, 6.07) is -0.832. The summed E-state index contributed by atoms with van der Waals surface area (Å²) in [6.45, 7) is 3.68. The summed E-state index contributed by atoms with van der Waals surface area (Å²) < 4.78 is 11.3. The number of unbranched alkanes of at least 4 members (excludes halogenated alkanes) is 39. The highest BCUT2D eigenvalue weighted by atomic mass is 16.7. The molecular formula is C74H133NO8. The standard InChI is InChI=1S/C74H133NO8/c1-3-5-7-9-11-13-15-17-19-21-23-25-27-29-31-32-33-34-35-36-38-40-42-44-46-48-50-52-54-56-58-60-62-64-70(78)75-67(66-82-74-73(81)72(80)71(79)69(65-76)83-74)68(77)63-61-59-57-55-53-51-49-47-45-43-41-39-37-30-28-26-24-22-20-18-16-14-12-10-8-6-4-2/h5,7,11,13,17,19,23,25,45,47,53,55,61,63,67-69,71-74,76-77,79-81H,3-4,6,8-10,12,14-16,18,20-22,24,26-44,46,48-52,54,56-60,62,64-66H2,1-2H3,(H,75,78)/b7-5-,13-11-,19-17-,25-23-,47-45+,55-53+,63-61+. The van der Waals surface area contributed by atoms with Crippen molar-refractivity contribution >= 4 is 5.91 Å². The number of amides is 1. The monoisotopic (exact) mass is 1160 g/mol. The van der Waals surface area contributed by atoms with Gasteiger partial charge in [-0.15, -0.1) is 0 Å². The minimum Gasteiger partial charge on any atom is -0.394 e. The van der Waals surface area contributed by atoms with Gasteiger partial charge in [-0.2, -0.15) is 0 Å². The van der Waals surface area contributed by atoms with Gasteiger partial charge >= 0.3 is 0 Å². The lowest BCUT2D eigenvalue weighted by atomic mass is 9.99. The molecule has 1 aliphatic rings. The molecule has 1 aliphatic heterocycles. The summed E-state index contributed by atoms with van der Waals surface area (Å²) in [7, 11) is 0. The molecule has 0 aliphatic carbocycles.